The van der Waals surface area contributed by atoms with Gasteiger partial charge in [-0.3, -0.25) is 9.69 Å². The molecular formula is C15H22N2O4. The second-order valence-electron chi connectivity index (χ2n) is 4.73. The van der Waals surface area contributed by atoms with E-state index >= 15 is 0 Å². The summed E-state index contributed by atoms with van der Waals surface area (Å²) in [7, 11) is 2.95. The largest absolute Gasteiger partial charge is 0.465 e. The van der Waals surface area contributed by atoms with E-state index in [0.29, 0.717) is 25.3 Å². The molecule has 2 N–H and O–H groups in total. The molecule has 21 heavy (non-hydrogen) atoms. The van der Waals surface area contributed by atoms with Crippen molar-refractivity contribution in [1.29, 1.82) is 0 Å². The van der Waals surface area contributed by atoms with Crippen LogP contribution in [0, 0.1) is 0 Å². The van der Waals surface area contributed by atoms with Crippen LogP contribution in [0.3, 0.4) is 0 Å². The van der Waals surface area contributed by atoms with Crippen molar-refractivity contribution in [2.24, 2.45) is 5.73 Å². The molecule has 0 aromatic heterocycles. The Morgan fingerprint density at radius 1 is 1.24 bits per heavy atom. The fraction of sp³-hybridized carbons (Fsp3) is 0.467. The Labute approximate surface area is 124 Å². The van der Waals surface area contributed by atoms with Gasteiger partial charge in [0, 0.05) is 20.2 Å². The zero-order valence-corrected chi connectivity index (χ0v) is 12.7. The van der Waals surface area contributed by atoms with E-state index in [1.54, 1.807) is 26.2 Å². The maximum absolute atomic E-state index is 11.4. The standard InChI is InChI=1S/C15H22N2O4/c1-11(14(16)18)17(8-9-20-2)10-12-4-6-13(7-5-12)15(19)21-3/h4-7,11H,8-10H2,1-3H3,(H2,16,18)/t11-/m0/s1. The van der Waals surface area contributed by atoms with E-state index in [1.807, 2.05) is 17.0 Å². The highest BCUT2D eigenvalue weighted by atomic mass is 16.5. The first-order valence-electron chi connectivity index (χ1n) is 6.69. The molecule has 0 heterocycles. The van der Waals surface area contributed by atoms with Gasteiger partial charge in [-0.05, 0) is 24.6 Å². The highest BCUT2D eigenvalue weighted by Crippen LogP contribution is 2.11. The molecule has 116 valence electrons. The smallest absolute Gasteiger partial charge is 0.337 e. The normalized spacial score (nSPS) is 12.2. The minimum Gasteiger partial charge on any atom is -0.465 e. The number of carbonyl (C=O) groups excluding carboxylic acids is 2. The summed E-state index contributed by atoms with van der Waals surface area (Å²) >= 11 is 0. The van der Waals surface area contributed by atoms with Gasteiger partial charge in [0.2, 0.25) is 5.91 Å². The zero-order valence-electron chi connectivity index (χ0n) is 12.7. The molecule has 0 saturated heterocycles. The average molecular weight is 294 g/mol. The summed E-state index contributed by atoms with van der Waals surface area (Å²) in [6.45, 7) is 3.42. The molecule has 0 fully saturated rings. The van der Waals surface area contributed by atoms with Crippen LogP contribution in [0.4, 0.5) is 0 Å². The van der Waals surface area contributed by atoms with E-state index in [1.165, 1.54) is 7.11 Å². The number of rotatable bonds is 8. The topological polar surface area (TPSA) is 81.9 Å². The third-order valence-electron chi connectivity index (χ3n) is 3.30. The molecule has 1 aromatic rings. The number of ether oxygens (including phenoxy) is 2. The van der Waals surface area contributed by atoms with Crippen molar-refractivity contribution in [2.45, 2.75) is 19.5 Å². The van der Waals surface area contributed by atoms with Gasteiger partial charge >= 0.3 is 5.97 Å². The summed E-state index contributed by atoms with van der Waals surface area (Å²) < 4.78 is 9.70. The Morgan fingerprint density at radius 2 is 1.86 bits per heavy atom. The van der Waals surface area contributed by atoms with Crippen molar-refractivity contribution in [1.82, 2.24) is 4.90 Å². The molecule has 1 atom stereocenters. The molecule has 1 aromatic carbocycles. The molecule has 0 aliphatic carbocycles. The van der Waals surface area contributed by atoms with Crippen LogP contribution in [-0.2, 0) is 20.8 Å². The first kappa shape index (κ1) is 17.1. The first-order valence-corrected chi connectivity index (χ1v) is 6.69. The second kappa shape index (κ2) is 8.39. The highest BCUT2D eigenvalue weighted by molar-refractivity contribution is 5.89. The van der Waals surface area contributed by atoms with E-state index < -0.39 is 0 Å². The number of nitrogens with zero attached hydrogens (tertiary/aromatic N) is 1. The summed E-state index contributed by atoms with van der Waals surface area (Å²) in [5.74, 6) is -0.749. The summed E-state index contributed by atoms with van der Waals surface area (Å²) in [6.07, 6.45) is 0. The highest BCUT2D eigenvalue weighted by Gasteiger charge is 2.19. The maximum atomic E-state index is 11.4. The van der Waals surface area contributed by atoms with Crippen molar-refractivity contribution >= 4 is 11.9 Å². The number of hydrogen-bond acceptors (Lipinski definition) is 5. The molecule has 0 bridgehead atoms. The third-order valence-corrected chi connectivity index (χ3v) is 3.30. The molecule has 6 heteroatoms. The van der Waals surface area contributed by atoms with Crippen LogP contribution in [-0.4, -0.2) is 50.2 Å². The van der Waals surface area contributed by atoms with Gasteiger partial charge in [-0.2, -0.15) is 0 Å². The molecule has 0 aliphatic rings. The average Bonchev–Trinajstić information content (AvgIpc) is 2.50. The first-order chi connectivity index (χ1) is 9.99. The fourth-order valence-corrected chi connectivity index (χ4v) is 1.90. The lowest BCUT2D eigenvalue weighted by Crippen LogP contribution is -2.43. The molecule has 0 saturated carbocycles. The van der Waals surface area contributed by atoms with Crippen molar-refractivity contribution in [3.63, 3.8) is 0 Å². The third kappa shape index (κ3) is 5.17. The number of amides is 1. The van der Waals surface area contributed by atoms with E-state index in [0.717, 1.165) is 5.56 Å². The zero-order chi connectivity index (χ0) is 15.8. The number of hydrogen-bond donors (Lipinski definition) is 1. The van der Waals surface area contributed by atoms with Crippen LogP contribution in [0.15, 0.2) is 24.3 Å². The van der Waals surface area contributed by atoms with E-state index in [2.05, 4.69) is 4.74 Å². The van der Waals surface area contributed by atoms with Crippen LogP contribution in [0.5, 0.6) is 0 Å². The van der Waals surface area contributed by atoms with Crippen LogP contribution < -0.4 is 5.73 Å². The van der Waals surface area contributed by atoms with E-state index in [4.69, 9.17) is 10.5 Å². The summed E-state index contributed by atoms with van der Waals surface area (Å²) in [4.78, 5) is 24.7. The molecule has 0 aliphatic heterocycles. The molecule has 0 spiro atoms. The van der Waals surface area contributed by atoms with Crippen molar-refractivity contribution in [3.05, 3.63) is 35.4 Å². The lowest BCUT2D eigenvalue weighted by Gasteiger charge is -2.26. The lowest BCUT2D eigenvalue weighted by molar-refractivity contribution is -0.123. The number of benzene rings is 1. The monoisotopic (exact) mass is 294 g/mol. The quantitative estimate of drug-likeness (QED) is 0.717. The fourth-order valence-electron chi connectivity index (χ4n) is 1.90. The number of primary amides is 1. The molecule has 1 amide bonds. The van der Waals surface area contributed by atoms with E-state index in [-0.39, 0.29) is 17.9 Å². The Balaban J connectivity index is 2.78. The van der Waals surface area contributed by atoms with Gasteiger partial charge in [0.05, 0.1) is 25.3 Å². The summed E-state index contributed by atoms with van der Waals surface area (Å²) in [6, 6.07) is 6.68. The van der Waals surface area contributed by atoms with Gasteiger partial charge < -0.3 is 15.2 Å². The Morgan fingerprint density at radius 3 is 2.33 bits per heavy atom. The molecule has 1 rings (SSSR count). The number of carbonyl (C=O) groups is 2. The Kier molecular flexibility index (Phi) is 6.84. The molecule has 6 nitrogen and oxygen atoms in total. The molecule has 0 unspecified atom stereocenters. The van der Waals surface area contributed by atoms with Gasteiger partial charge in [0.1, 0.15) is 0 Å². The van der Waals surface area contributed by atoms with Crippen molar-refractivity contribution < 1.29 is 19.1 Å². The minimum atomic E-state index is -0.388. The lowest BCUT2D eigenvalue weighted by atomic mass is 10.1. The Hall–Kier alpha value is -1.92. The van der Waals surface area contributed by atoms with Crippen LogP contribution in [0.2, 0.25) is 0 Å². The van der Waals surface area contributed by atoms with E-state index in [9.17, 15) is 9.59 Å². The second-order valence-corrected chi connectivity index (χ2v) is 4.73. The maximum Gasteiger partial charge on any atom is 0.337 e. The molecular weight excluding hydrogens is 272 g/mol. The SMILES string of the molecule is COCCN(Cc1ccc(C(=O)OC)cc1)[C@@H](C)C(N)=O. The van der Waals surface area contributed by atoms with Crippen molar-refractivity contribution in [3.8, 4) is 0 Å². The summed E-state index contributed by atoms with van der Waals surface area (Å²) in [5.41, 5.74) is 6.83. The predicted molar refractivity (Wildman–Crippen MR) is 78.7 cm³/mol. The number of esters is 1. The van der Waals surface area contributed by atoms with Crippen LogP contribution in [0.25, 0.3) is 0 Å². The molecule has 0 radical (unpaired) electrons. The van der Waals surface area contributed by atoms with Gasteiger partial charge in [0.25, 0.3) is 0 Å². The minimum absolute atomic E-state index is 0.372. The van der Waals surface area contributed by atoms with Gasteiger partial charge in [0.15, 0.2) is 0 Å². The number of methoxy groups -OCH3 is 2. The van der Waals surface area contributed by atoms with Crippen molar-refractivity contribution in [2.75, 3.05) is 27.4 Å². The van der Waals surface area contributed by atoms with Gasteiger partial charge in [-0.25, -0.2) is 4.79 Å². The van der Waals surface area contributed by atoms with Crippen LogP contribution >= 0.6 is 0 Å². The van der Waals surface area contributed by atoms with Crippen LogP contribution in [0.1, 0.15) is 22.8 Å². The number of nitrogens with two attached hydrogens (primary N) is 1. The van der Waals surface area contributed by atoms with Gasteiger partial charge in [-0.15, -0.1) is 0 Å². The predicted octanol–water partition coefficient (Wildman–Crippen LogP) is 0.795. The summed E-state index contributed by atoms with van der Waals surface area (Å²) in [5, 5.41) is 0. The van der Waals surface area contributed by atoms with Gasteiger partial charge in [-0.1, -0.05) is 12.1 Å². The Bertz CT molecular complexity index is 473.